The second-order valence-corrected chi connectivity index (χ2v) is 8.09. The molecule has 0 bridgehead atoms. The third kappa shape index (κ3) is 3.52. The van der Waals surface area contributed by atoms with Crippen LogP contribution in [0.15, 0.2) is 51.7 Å². The molecule has 178 valence electrons. The lowest BCUT2D eigenvalue weighted by molar-refractivity contribution is -0.277. The molecule has 0 unspecified atom stereocenters. The molecule has 5 atom stereocenters. The monoisotopic (exact) mass is 470 g/mol. The largest absolute Gasteiger partial charge is 0.507 e. The molecule has 10 nitrogen and oxygen atoms in total. The number of hydrogen-bond donors (Lipinski definition) is 5. The quantitative estimate of drug-likeness (QED) is 0.215. The fourth-order valence-corrected chi connectivity index (χ4v) is 4.22. The highest BCUT2D eigenvalue weighted by Crippen LogP contribution is 2.35. The van der Waals surface area contributed by atoms with Gasteiger partial charge in [-0.3, -0.25) is 4.79 Å². The number of aromatic hydroxyl groups is 1. The molecule has 4 aromatic rings. The first kappa shape index (κ1) is 22.4. The maximum Gasteiger partial charge on any atom is 0.229 e. The highest BCUT2D eigenvalue weighted by atomic mass is 16.7. The van der Waals surface area contributed by atoms with Gasteiger partial charge in [0.25, 0.3) is 0 Å². The first-order valence-electron chi connectivity index (χ1n) is 10.5. The predicted octanol–water partition coefficient (Wildman–Crippen LogP) is 0.992. The van der Waals surface area contributed by atoms with Crippen molar-refractivity contribution >= 4 is 32.7 Å². The molecular formula is C24H22O10. The second-order valence-electron chi connectivity index (χ2n) is 8.09. The normalized spacial score (nSPS) is 25.1. The Labute approximate surface area is 191 Å². The fraction of sp³-hybridized carbons (Fsp3) is 0.292. The summed E-state index contributed by atoms with van der Waals surface area (Å²) in [4.78, 5) is 13.4. The predicted molar refractivity (Wildman–Crippen MR) is 120 cm³/mol. The topological polar surface area (TPSA) is 159 Å². The van der Waals surface area contributed by atoms with Gasteiger partial charge in [-0.2, -0.15) is 0 Å². The van der Waals surface area contributed by atoms with Crippen molar-refractivity contribution in [2.45, 2.75) is 30.7 Å². The molecule has 3 aromatic carbocycles. The molecule has 1 aromatic heterocycles. The van der Waals surface area contributed by atoms with E-state index in [1.165, 1.54) is 13.2 Å². The lowest BCUT2D eigenvalue weighted by atomic mass is 9.99. The van der Waals surface area contributed by atoms with E-state index in [9.17, 15) is 30.3 Å². The molecular weight excluding hydrogens is 448 g/mol. The highest BCUT2D eigenvalue weighted by molar-refractivity contribution is 6.09. The molecule has 34 heavy (non-hydrogen) atoms. The molecule has 0 aliphatic carbocycles. The summed E-state index contributed by atoms with van der Waals surface area (Å²) in [5, 5.41) is 51.7. The summed E-state index contributed by atoms with van der Waals surface area (Å²) in [5.41, 5.74) is -0.144. The van der Waals surface area contributed by atoms with Crippen LogP contribution in [0.25, 0.3) is 32.7 Å². The third-order valence-corrected chi connectivity index (χ3v) is 6.02. The van der Waals surface area contributed by atoms with Crippen LogP contribution in [0.2, 0.25) is 0 Å². The molecule has 5 rings (SSSR count). The summed E-state index contributed by atoms with van der Waals surface area (Å²) < 4.78 is 22.1. The van der Waals surface area contributed by atoms with E-state index in [0.717, 1.165) is 11.5 Å². The Morgan fingerprint density at radius 2 is 1.68 bits per heavy atom. The maximum absolute atomic E-state index is 13.4. The first-order valence-corrected chi connectivity index (χ1v) is 10.5. The number of ether oxygens (including phenoxy) is 3. The molecule has 5 N–H and O–H groups in total. The van der Waals surface area contributed by atoms with Crippen molar-refractivity contribution in [3.63, 3.8) is 0 Å². The summed E-state index contributed by atoms with van der Waals surface area (Å²) in [7, 11) is 1.52. The average Bonchev–Trinajstić information content (AvgIpc) is 2.83. The standard InChI is InChI=1S/C24H22O10/c1-31-11-4-2-10-3-5-15-18(13(10)6-11)21(28)19-14(26)7-12(8-16(19)33-15)32-24-23(30)22(29)20(27)17(9-25)34-24/h2-8,17,20,22-27,29-30H,9H2,1H3/t17-,20-,22+,23-,24-/m1/s1. The van der Waals surface area contributed by atoms with E-state index < -0.39 is 48.5 Å². The maximum atomic E-state index is 13.4. The minimum atomic E-state index is -1.64. The number of fused-ring (bicyclic) bond motifs is 4. The van der Waals surface area contributed by atoms with E-state index in [0.29, 0.717) is 11.1 Å². The second kappa shape index (κ2) is 8.42. The van der Waals surface area contributed by atoms with Crippen LogP contribution in [0.5, 0.6) is 17.2 Å². The molecule has 1 aliphatic rings. The van der Waals surface area contributed by atoms with Crippen molar-refractivity contribution < 1.29 is 44.2 Å². The van der Waals surface area contributed by atoms with Crippen molar-refractivity contribution in [3.8, 4) is 17.2 Å². The SMILES string of the molecule is COc1ccc2ccc3oc4cc(O[C@@H]5O[C@H](CO)[C@@H](O)[C@H](O)[C@H]5O)cc(O)c4c(=O)c3c2c1. The van der Waals surface area contributed by atoms with Gasteiger partial charge in [0.05, 0.1) is 19.1 Å². The molecule has 1 saturated heterocycles. The van der Waals surface area contributed by atoms with Crippen LogP contribution in [0.3, 0.4) is 0 Å². The number of benzene rings is 3. The van der Waals surface area contributed by atoms with Gasteiger partial charge in [0, 0.05) is 17.5 Å². The molecule has 0 amide bonds. The van der Waals surface area contributed by atoms with E-state index in [-0.39, 0.29) is 27.7 Å². The van der Waals surface area contributed by atoms with Gasteiger partial charge in [0.2, 0.25) is 11.7 Å². The van der Waals surface area contributed by atoms with Gasteiger partial charge in [-0.25, -0.2) is 0 Å². The minimum absolute atomic E-state index is 0.0272. The molecule has 0 saturated carbocycles. The van der Waals surface area contributed by atoms with E-state index in [2.05, 4.69) is 0 Å². The summed E-state index contributed by atoms with van der Waals surface area (Å²) in [5.74, 6) is 0.110. The Hall–Kier alpha value is -3.41. The van der Waals surface area contributed by atoms with Gasteiger partial charge in [-0.15, -0.1) is 0 Å². The zero-order valence-corrected chi connectivity index (χ0v) is 17.9. The number of aliphatic hydroxyl groups is 4. The van der Waals surface area contributed by atoms with Crippen molar-refractivity contribution in [1.29, 1.82) is 0 Å². The lowest BCUT2D eigenvalue weighted by Crippen LogP contribution is -2.60. The van der Waals surface area contributed by atoms with Gasteiger partial charge >= 0.3 is 0 Å². The third-order valence-electron chi connectivity index (χ3n) is 6.02. The molecule has 1 aliphatic heterocycles. The van der Waals surface area contributed by atoms with Crippen molar-refractivity contribution in [3.05, 3.63) is 52.7 Å². The van der Waals surface area contributed by atoms with Gasteiger partial charge in [0.15, 0.2) is 0 Å². The Morgan fingerprint density at radius 1 is 0.912 bits per heavy atom. The van der Waals surface area contributed by atoms with E-state index in [4.69, 9.17) is 18.6 Å². The van der Waals surface area contributed by atoms with Crippen molar-refractivity contribution in [2.24, 2.45) is 0 Å². The minimum Gasteiger partial charge on any atom is -0.507 e. The van der Waals surface area contributed by atoms with Gasteiger partial charge < -0.3 is 44.2 Å². The number of methoxy groups -OCH3 is 1. The Balaban J connectivity index is 1.61. The number of aliphatic hydroxyl groups excluding tert-OH is 4. The summed E-state index contributed by atoms with van der Waals surface area (Å²) >= 11 is 0. The summed E-state index contributed by atoms with van der Waals surface area (Å²) in [6.45, 7) is -0.618. The van der Waals surface area contributed by atoms with Crippen molar-refractivity contribution in [2.75, 3.05) is 13.7 Å². The van der Waals surface area contributed by atoms with E-state index >= 15 is 0 Å². The zero-order chi connectivity index (χ0) is 24.1. The Bertz CT molecular complexity index is 1440. The molecule has 1 fully saturated rings. The fourth-order valence-electron chi connectivity index (χ4n) is 4.22. The van der Waals surface area contributed by atoms with Crippen LogP contribution in [0.4, 0.5) is 0 Å². The van der Waals surface area contributed by atoms with Crippen molar-refractivity contribution in [1.82, 2.24) is 0 Å². The molecule has 0 radical (unpaired) electrons. The number of rotatable bonds is 4. The number of hydrogen-bond acceptors (Lipinski definition) is 10. The van der Waals surface area contributed by atoms with Crippen LogP contribution >= 0.6 is 0 Å². The summed E-state index contributed by atoms with van der Waals surface area (Å²) in [6, 6.07) is 11.2. The lowest BCUT2D eigenvalue weighted by Gasteiger charge is -2.39. The first-order chi connectivity index (χ1) is 16.3. The van der Waals surface area contributed by atoms with Crippen LogP contribution < -0.4 is 14.9 Å². The highest BCUT2D eigenvalue weighted by Gasteiger charge is 2.44. The molecule has 2 heterocycles. The van der Waals surface area contributed by atoms with Crippen LogP contribution in [-0.4, -0.2) is 70.0 Å². The Kier molecular flexibility index (Phi) is 5.54. The Morgan fingerprint density at radius 3 is 2.41 bits per heavy atom. The van der Waals surface area contributed by atoms with Gasteiger partial charge in [0.1, 0.15) is 58.2 Å². The smallest absolute Gasteiger partial charge is 0.229 e. The van der Waals surface area contributed by atoms with E-state index in [1.54, 1.807) is 24.3 Å². The summed E-state index contributed by atoms with van der Waals surface area (Å²) in [6.07, 6.45) is -7.43. The van der Waals surface area contributed by atoms with Gasteiger partial charge in [-0.1, -0.05) is 12.1 Å². The molecule has 0 spiro atoms. The number of phenols is 1. The van der Waals surface area contributed by atoms with Crippen LogP contribution in [0.1, 0.15) is 0 Å². The molecule has 10 heteroatoms. The average molecular weight is 470 g/mol. The number of phenolic OH excluding ortho intramolecular Hbond substituents is 1. The van der Waals surface area contributed by atoms with Gasteiger partial charge in [-0.05, 0) is 23.6 Å². The van der Waals surface area contributed by atoms with Crippen LogP contribution in [-0.2, 0) is 4.74 Å². The zero-order valence-electron chi connectivity index (χ0n) is 17.9. The van der Waals surface area contributed by atoms with E-state index in [1.807, 2.05) is 6.07 Å². The van der Waals surface area contributed by atoms with Crippen LogP contribution in [0, 0.1) is 0 Å².